The molecule has 0 radical (unpaired) electrons. The average molecular weight is 519 g/mol. The number of aryl methyl sites for hydroxylation is 2. The van der Waals surface area contributed by atoms with Gasteiger partial charge in [-0.2, -0.15) is 0 Å². The second-order valence-corrected chi connectivity index (χ2v) is 10.7. The second-order valence-electron chi connectivity index (χ2n) is 8.41. The van der Waals surface area contributed by atoms with Gasteiger partial charge in [0.05, 0.1) is 44.6 Å². The Kier molecular flexibility index (Phi) is 7.33. The molecule has 0 amide bonds. The number of nitrogens with zero attached hydrogens (tertiary/aromatic N) is 3. The first-order chi connectivity index (χ1) is 17.5. The smallest absolute Gasteiger partial charge is 0.126 e. The summed E-state index contributed by atoms with van der Waals surface area (Å²) in [5.74, 6) is 0.764. The van der Waals surface area contributed by atoms with Gasteiger partial charge in [0, 0.05) is 19.2 Å². The number of fused-ring (bicyclic) bond motifs is 2. The van der Waals surface area contributed by atoms with E-state index in [1.807, 2.05) is 55.5 Å². The third kappa shape index (κ3) is 5.29. The highest BCUT2D eigenvalue weighted by Gasteiger charge is 2.15. The van der Waals surface area contributed by atoms with Gasteiger partial charge in [0.15, 0.2) is 0 Å². The molecule has 5 aromatic rings. The van der Waals surface area contributed by atoms with Crippen LogP contribution in [0.15, 0.2) is 65.7 Å². The zero-order valence-electron chi connectivity index (χ0n) is 20.3. The van der Waals surface area contributed by atoms with Crippen molar-refractivity contribution in [2.45, 2.75) is 25.3 Å². The molecule has 0 aliphatic heterocycles. The fraction of sp³-hybridized carbons (Fsp3) is 0.222. The van der Waals surface area contributed by atoms with Gasteiger partial charge in [-0.05, 0) is 61.4 Å². The minimum Gasteiger partial charge on any atom is -0.492 e. The Hall–Kier alpha value is -3.24. The van der Waals surface area contributed by atoms with Crippen LogP contribution in [-0.4, -0.2) is 39.4 Å². The van der Waals surface area contributed by atoms with Crippen LogP contribution in [0.3, 0.4) is 0 Å². The van der Waals surface area contributed by atoms with Gasteiger partial charge in [-0.15, -0.1) is 11.3 Å². The number of aromatic nitrogens is 3. The van der Waals surface area contributed by atoms with E-state index in [0.717, 1.165) is 59.3 Å². The van der Waals surface area contributed by atoms with Crippen LogP contribution in [0.4, 0.5) is 0 Å². The molecule has 1 unspecified atom stereocenters. The molecular formula is C27H26N4O3S2. The van der Waals surface area contributed by atoms with E-state index in [1.54, 1.807) is 24.6 Å². The summed E-state index contributed by atoms with van der Waals surface area (Å²) >= 11 is 1.61. The Morgan fingerprint density at radius 2 is 1.86 bits per heavy atom. The molecule has 0 saturated carbocycles. The summed E-state index contributed by atoms with van der Waals surface area (Å²) in [4.78, 5) is 15.1. The highest BCUT2D eigenvalue weighted by atomic mass is 32.2. The van der Waals surface area contributed by atoms with Crippen molar-refractivity contribution in [3.8, 4) is 16.3 Å². The molecule has 0 bridgehead atoms. The number of methoxy groups -OCH3 is 1. The van der Waals surface area contributed by atoms with Crippen LogP contribution in [0.25, 0.3) is 31.8 Å². The molecule has 36 heavy (non-hydrogen) atoms. The molecule has 184 valence electrons. The minimum absolute atomic E-state index is 0.400. The van der Waals surface area contributed by atoms with E-state index in [1.165, 1.54) is 0 Å². The molecule has 0 aliphatic rings. The minimum atomic E-state index is -1.26. The van der Waals surface area contributed by atoms with Crippen molar-refractivity contribution in [2.75, 3.05) is 20.3 Å². The number of hydrogen-bond acceptors (Lipinski definition) is 7. The van der Waals surface area contributed by atoms with Gasteiger partial charge in [0.1, 0.15) is 28.3 Å². The maximum absolute atomic E-state index is 12.3. The molecular weight excluding hydrogens is 492 g/mol. The summed E-state index contributed by atoms with van der Waals surface area (Å²) in [6, 6.07) is 17.5. The van der Waals surface area contributed by atoms with Crippen molar-refractivity contribution in [1.29, 1.82) is 0 Å². The Balaban J connectivity index is 1.36. The summed E-state index contributed by atoms with van der Waals surface area (Å²) in [5, 5.41) is 0.896. The highest BCUT2D eigenvalue weighted by molar-refractivity contribution is 7.83. The summed E-state index contributed by atoms with van der Waals surface area (Å²) in [6.07, 6.45) is 1.76. The van der Waals surface area contributed by atoms with Crippen molar-refractivity contribution in [3.63, 3.8) is 0 Å². The summed E-state index contributed by atoms with van der Waals surface area (Å²) < 4.78 is 27.5. The van der Waals surface area contributed by atoms with Crippen molar-refractivity contribution in [3.05, 3.63) is 77.6 Å². The molecule has 0 aliphatic carbocycles. The summed E-state index contributed by atoms with van der Waals surface area (Å²) in [6.45, 7) is 5.37. The highest BCUT2D eigenvalue weighted by Crippen LogP contribution is 2.37. The Labute approximate surface area is 216 Å². The standard InChI is InChI=1S/C27H26N4O3S2/c1-17-11-22(26-23(12-17)30-19(15-28-26)16-33-3)27-31-25-18(2)13-20(14-24(25)35-27)34-10-9-29-36(32)21-7-5-4-6-8-21/h4-8,11-15,29H,9-10,16H2,1-3H3. The predicted molar refractivity (Wildman–Crippen MR) is 145 cm³/mol. The van der Waals surface area contributed by atoms with E-state index in [4.69, 9.17) is 19.4 Å². The van der Waals surface area contributed by atoms with Crippen LogP contribution < -0.4 is 9.46 Å². The van der Waals surface area contributed by atoms with E-state index < -0.39 is 11.0 Å². The quantitative estimate of drug-likeness (QED) is 0.264. The van der Waals surface area contributed by atoms with Gasteiger partial charge in [-0.1, -0.05) is 18.2 Å². The topological polar surface area (TPSA) is 86.2 Å². The van der Waals surface area contributed by atoms with Crippen LogP contribution in [0, 0.1) is 13.8 Å². The molecule has 7 nitrogen and oxygen atoms in total. The molecule has 1 N–H and O–H groups in total. The lowest BCUT2D eigenvalue weighted by atomic mass is 10.1. The molecule has 0 fully saturated rings. The number of ether oxygens (including phenoxy) is 2. The first-order valence-corrected chi connectivity index (χ1v) is 13.5. The van der Waals surface area contributed by atoms with E-state index >= 15 is 0 Å². The van der Waals surface area contributed by atoms with Crippen molar-refractivity contribution < 1.29 is 13.7 Å². The predicted octanol–water partition coefficient (Wildman–Crippen LogP) is 5.36. The fourth-order valence-electron chi connectivity index (χ4n) is 3.98. The lowest BCUT2D eigenvalue weighted by molar-refractivity contribution is 0.181. The van der Waals surface area contributed by atoms with Gasteiger partial charge in [0.25, 0.3) is 0 Å². The molecule has 9 heteroatoms. The van der Waals surface area contributed by atoms with Crippen LogP contribution >= 0.6 is 11.3 Å². The van der Waals surface area contributed by atoms with E-state index in [0.29, 0.717) is 19.8 Å². The van der Waals surface area contributed by atoms with E-state index in [-0.39, 0.29) is 0 Å². The lowest BCUT2D eigenvalue weighted by Gasteiger charge is -2.08. The summed E-state index contributed by atoms with van der Waals surface area (Å²) in [5.41, 5.74) is 6.51. The Morgan fingerprint density at radius 3 is 2.67 bits per heavy atom. The molecule has 0 saturated heterocycles. The number of nitrogens with one attached hydrogen (secondary N) is 1. The van der Waals surface area contributed by atoms with E-state index in [9.17, 15) is 4.21 Å². The Morgan fingerprint density at radius 1 is 1.03 bits per heavy atom. The van der Waals surface area contributed by atoms with Crippen molar-refractivity contribution >= 4 is 43.6 Å². The van der Waals surface area contributed by atoms with Crippen molar-refractivity contribution in [2.24, 2.45) is 0 Å². The normalized spacial score (nSPS) is 12.3. The number of thiazole rings is 1. The fourth-order valence-corrected chi connectivity index (χ4v) is 5.91. The van der Waals surface area contributed by atoms with Crippen LogP contribution in [-0.2, 0) is 22.3 Å². The number of hydrogen-bond donors (Lipinski definition) is 1. The first kappa shape index (κ1) is 24.5. The lowest BCUT2D eigenvalue weighted by Crippen LogP contribution is -2.23. The number of benzene rings is 3. The maximum Gasteiger partial charge on any atom is 0.126 e. The SMILES string of the molecule is COCc1cnc2c(-c3nc4c(C)cc(OCCNS(=O)c5ccccc5)cc4s3)cc(C)cc2n1. The molecule has 2 aromatic heterocycles. The van der Waals surface area contributed by atoms with Gasteiger partial charge in [-0.3, -0.25) is 4.98 Å². The van der Waals surface area contributed by atoms with Gasteiger partial charge in [0.2, 0.25) is 0 Å². The van der Waals surface area contributed by atoms with Gasteiger partial charge < -0.3 is 9.47 Å². The summed E-state index contributed by atoms with van der Waals surface area (Å²) in [7, 11) is 0.392. The zero-order valence-corrected chi connectivity index (χ0v) is 21.9. The van der Waals surface area contributed by atoms with Crippen LogP contribution in [0.2, 0.25) is 0 Å². The number of rotatable bonds is 9. The third-order valence-corrected chi connectivity index (χ3v) is 7.79. The molecule has 1 atom stereocenters. The van der Waals surface area contributed by atoms with Crippen LogP contribution in [0.5, 0.6) is 5.75 Å². The molecule has 5 rings (SSSR count). The second kappa shape index (κ2) is 10.8. The Bertz CT molecular complexity index is 1550. The third-order valence-electron chi connectivity index (χ3n) is 5.58. The first-order valence-electron chi connectivity index (χ1n) is 11.5. The van der Waals surface area contributed by atoms with E-state index in [2.05, 4.69) is 22.7 Å². The van der Waals surface area contributed by atoms with Gasteiger partial charge in [-0.25, -0.2) is 18.9 Å². The zero-order chi connectivity index (χ0) is 25.1. The molecule has 0 spiro atoms. The van der Waals surface area contributed by atoms with Gasteiger partial charge >= 0.3 is 0 Å². The molecule has 2 heterocycles. The largest absolute Gasteiger partial charge is 0.492 e. The monoisotopic (exact) mass is 518 g/mol. The molecule has 3 aromatic carbocycles. The van der Waals surface area contributed by atoms with Crippen molar-refractivity contribution in [1.82, 2.24) is 19.7 Å². The maximum atomic E-state index is 12.3. The average Bonchev–Trinajstić information content (AvgIpc) is 3.31. The van der Waals surface area contributed by atoms with Crippen LogP contribution in [0.1, 0.15) is 16.8 Å².